The molecule has 0 bridgehead atoms. The highest BCUT2D eigenvalue weighted by Crippen LogP contribution is 2.24. The van der Waals surface area contributed by atoms with Crippen LogP contribution < -0.4 is 0 Å². The van der Waals surface area contributed by atoms with Gasteiger partial charge in [-0.15, -0.1) is 6.42 Å². The maximum atomic E-state index is 9.96. The molecule has 5 heteroatoms. The number of aryl methyl sites for hydroxylation is 1. The van der Waals surface area contributed by atoms with Crippen molar-refractivity contribution in [3.63, 3.8) is 0 Å². The maximum Gasteiger partial charge on any atom is 0.214 e. The first-order chi connectivity index (χ1) is 8.54. The Morgan fingerprint density at radius 2 is 2.22 bits per heavy atom. The third kappa shape index (κ3) is 2.15. The van der Waals surface area contributed by atoms with E-state index in [9.17, 15) is 5.11 Å². The monoisotopic (exact) mass is 278 g/mol. The molecular weight excluding hydrogens is 268 g/mol. The first kappa shape index (κ1) is 12.7. The third-order valence-corrected chi connectivity index (χ3v) is 3.25. The van der Waals surface area contributed by atoms with Crippen molar-refractivity contribution in [2.45, 2.75) is 13.5 Å². The Morgan fingerprint density at radius 3 is 2.83 bits per heavy atom. The van der Waals surface area contributed by atoms with Gasteiger partial charge >= 0.3 is 0 Å². The molecule has 2 aromatic rings. The van der Waals surface area contributed by atoms with Gasteiger partial charge in [0.25, 0.3) is 0 Å². The van der Waals surface area contributed by atoms with Crippen LogP contribution in [0, 0.1) is 24.0 Å². The van der Waals surface area contributed by atoms with E-state index >= 15 is 0 Å². The highest BCUT2D eigenvalue weighted by Gasteiger charge is 2.11. The Bertz CT molecular complexity index is 694. The average Bonchev–Trinajstić information content (AvgIpc) is 2.56. The third-order valence-electron chi connectivity index (χ3n) is 2.60. The predicted octanol–water partition coefficient (Wildman–Crippen LogP) is 3.31. The van der Waals surface area contributed by atoms with Gasteiger partial charge in [-0.1, -0.05) is 17.5 Å². The van der Waals surface area contributed by atoms with Gasteiger partial charge in [0.2, 0.25) is 5.88 Å². The van der Waals surface area contributed by atoms with Crippen molar-refractivity contribution in [3.8, 4) is 23.9 Å². The number of imidazole rings is 1. The highest BCUT2D eigenvalue weighted by atomic mass is 35.5. The Labute approximate surface area is 115 Å². The molecule has 0 fully saturated rings. The van der Waals surface area contributed by atoms with Crippen molar-refractivity contribution in [1.82, 2.24) is 9.13 Å². The summed E-state index contributed by atoms with van der Waals surface area (Å²) < 4.78 is 3.66. The molecule has 0 aliphatic carbocycles. The summed E-state index contributed by atoms with van der Waals surface area (Å²) in [5.74, 6) is 2.55. The molecule has 0 aliphatic heterocycles. The predicted molar refractivity (Wildman–Crippen MR) is 74.8 cm³/mol. The summed E-state index contributed by atoms with van der Waals surface area (Å²) in [6.07, 6.45) is 6.78. The summed E-state index contributed by atoms with van der Waals surface area (Å²) in [6.45, 7) is 2.23. The Hall–Kier alpha value is -1.70. The van der Waals surface area contributed by atoms with Crippen LogP contribution in [0.5, 0.6) is 5.88 Å². The molecule has 92 valence electrons. The highest BCUT2D eigenvalue weighted by molar-refractivity contribution is 7.71. The number of nitrogens with zero attached hydrogens (tertiary/aromatic N) is 2. The van der Waals surface area contributed by atoms with Crippen LogP contribution in [0.1, 0.15) is 5.56 Å². The lowest BCUT2D eigenvalue weighted by molar-refractivity contribution is 0.441. The molecule has 0 radical (unpaired) electrons. The summed E-state index contributed by atoms with van der Waals surface area (Å²) in [4.78, 5) is 0. The van der Waals surface area contributed by atoms with Gasteiger partial charge in [-0.25, -0.2) is 0 Å². The number of terminal acetylenes is 1. The first-order valence-electron chi connectivity index (χ1n) is 5.25. The zero-order chi connectivity index (χ0) is 13.3. The van der Waals surface area contributed by atoms with E-state index in [2.05, 4.69) is 5.92 Å². The number of aromatic hydroxyl groups is 1. The van der Waals surface area contributed by atoms with Gasteiger partial charge in [0.1, 0.15) is 0 Å². The van der Waals surface area contributed by atoms with E-state index < -0.39 is 0 Å². The van der Waals surface area contributed by atoms with Crippen LogP contribution in [0.15, 0.2) is 24.4 Å². The lowest BCUT2D eigenvalue weighted by atomic mass is 10.2. The van der Waals surface area contributed by atoms with Crippen molar-refractivity contribution in [2.75, 3.05) is 0 Å². The van der Waals surface area contributed by atoms with Crippen molar-refractivity contribution in [2.24, 2.45) is 0 Å². The van der Waals surface area contributed by atoms with Crippen LogP contribution in [0.4, 0.5) is 0 Å². The van der Waals surface area contributed by atoms with E-state index in [0.29, 0.717) is 16.3 Å². The smallest absolute Gasteiger partial charge is 0.214 e. The summed E-state index contributed by atoms with van der Waals surface area (Å²) in [5, 5.41) is 10.6. The van der Waals surface area contributed by atoms with Crippen molar-refractivity contribution in [3.05, 3.63) is 39.8 Å². The molecule has 1 aromatic heterocycles. The van der Waals surface area contributed by atoms with Crippen molar-refractivity contribution >= 4 is 23.8 Å². The zero-order valence-corrected chi connectivity index (χ0v) is 11.3. The number of hydrogen-bond acceptors (Lipinski definition) is 2. The number of rotatable bonds is 2. The summed E-state index contributed by atoms with van der Waals surface area (Å²) in [7, 11) is 0. The fraction of sp³-hybridized carbons (Fsp3) is 0.154. The molecule has 0 atom stereocenters. The fourth-order valence-electron chi connectivity index (χ4n) is 1.79. The van der Waals surface area contributed by atoms with E-state index in [1.54, 1.807) is 15.2 Å². The van der Waals surface area contributed by atoms with E-state index in [1.807, 2.05) is 19.1 Å². The summed E-state index contributed by atoms with van der Waals surface area (Å²) >= 11 is 11.2. The minimum Gasteiger partial charge on any atom is -0.493 e. The Balaban J connectivity index is 2.65. The van der Waals surface area contributed by atoms with Crippen molar-refractivity contribution in [1.29, 1.82) is 0 Å². The maximum absolute atomic E-state index is 9.96. The van der Waals surface area contributed by atoms with Gasteiger partial charge < -0.3 is 9.67 Å². The molecule has 0 aliphatic rings. The van der Waals surface area contributed by atoms with Crippen LogP contribution >= 0.6 is 23.8 Å². The van der Waals surface area contributed by atoms with Crippen LogP contribution in [0.2, 0.25) is 5.02 Å². The van der Waals surface area contributed by atoms with Gasteiger partial charge in [-0.2, -0.15) is 0 Å². The van der Waals surface area contributed by atoms with Crippen LogP contribution in [0.25, 0.3) is 5.69 Å². The molecule has 0 saturated carbocycles. The van der Waals surface area contributed by atoms with Gasteiger partial charge in [0, 0.05) is 5.02 Å². The topological polar surface area (TPSA) is 30.1 Å². The molecule has 0 saturated heterocycles. The van der Waals surface area contributed by atoms with Crippen LogP contribution in [-0.2, 0) is 6.54 Å². The Morgan fingerprint density at radius 1 is 1.50 bits per heavy atom. The number of halogens is 1. The SMILES string of the molecule is C#CCn1cc(O)n(-c2ccc(Cl)cc2C)c1=S. The lowest BCUT2D eigenvalue weighted by Gasteiger charge is -2.08. The average molecular weight is 279 g/mol. The quantitative estimate of drug-likeness (QED) is 0.675. The number of benzene rings is 1. The molecule has 3 nitrogen and oxygen atoms in total. The zero-order valence-electron chi connectivity index (χ0n) is 9.72. The Kier molecular flexibility index (Phi) is 3.46. The largest absolute Gasteiger partial charge is 0.493 e. The number of hydrogen-bond donors (Lipinski definition) is 1. The number of aromatic nitrogens is 2. The summed E-state index contributed by atoms with van der Waals surface area (Å²) in [6, 6.07) is 5.38. The molecule has 1 N–H and O–H groups in total. The second-order valence-corrected chi connectivity index (χ2v) is 4.67. The standard InChI is InChI=1S/C13H11ClN2OS/c1-3-6-15-8-12(17)16(13(15)18)11-5-4-10(14)7-9(11)2/h1,4-5,7-8,17H,6H2,2H3. The minimum absolute atomic E-state index is 0.0562. The minimum atomic E-state index is 0.0562. The summed E-state index contributed by atoms with van der Waals surface area (Å²) in [5.41, 5.74) is 1.71. The molecule has 1 aromatic carbocycles. The molecule has 2 rings (SSSR count). The first-order valence-corrected chi connectivity index (χ1v) is 6.04. The van der Waals surface area contributed by atoms with E-state index in [-0.39, 0.29) is 5.88 Å². The molecular formula is C13H11ClN2OS. The van der Waals surface area contributed by atoms with Gasteiger partial charge in [0.15, 0.2) is 4.77 Å². The van der Waals surface area contributed by atoms with E-state index in [1.165, 1.54) is 6.20 Å². The molecule has 0 spiro atoms. The fourth-order valence-corrected chi connectivity index (χ4v) is 2.32. The molecule has 0 unspecified atom stereocenters. The van der Waals surface area contributed by atoms with E-state index in [4.69, 9.17) is 30.2 Å². The lowest BCUT2D eigenvalue weighted by Crippen LogP contribution is -2.00. The van der Waals surface area contributed by atoms with E-state index in [0.717, 1.165) is 11.3 Å². The van der Waals surface area contributed by atoms with Gasteiger partial charge in [0.05, 0.1) is 18.4 Å². The van der Waals surface area contributed by atoms with Crippen LogP contribution in [-0.4, -0.2) is 14.2 Å². The van der Waals surface area contributed by atoms with Crippen LogP contribution in [0.3, 0.4) is 0 Å². The van der Waals surface area contributed by atoms with Gasteiger partial charge in [-0.3, -0.25) is 4.57 Å². The van der Waals surface area contributed by atoms with Crippen molar-refractivity contribution < 1.29 is 5.11 Å². The normalized spacial score (nSPS) is 10.3. The van der Waals surface area contributed by atoms with Gasteiger partial charge in [-0.05, 0) is 42.9 Å². The second-order valence-electron chi connectivity index (χ2n) is 3.87. The second kappa shape index (κ2) is 4.89. The molecule has 0 amide bonds. The molecule has 1 heterocycles. The molecule has 18 heavy (non-hydrogen) atoms.